The van der Waals surface area contributed by atoms with Crippen molar-refractivity contribution in [2.45, 2.75) is 0 Å². The van der Waals surface area contributed by atoms with E-state index in [1.807, 2.05) is 12.1 Å². The molecule has 46 heavy (non-hydrogen) atoms. The first-order valence-corrected chi connectivity index (χ1v) is 15.4. The third-order valence-electron chi connectivity index (χ3n) is 9.02. The summed E-state index contributed by atoms with van der Waals surface area (Å²) in [7, 11) is 0. The minimum atomic E-state index is 0.558. The van der Waals surface area contributed by atoms with Crippen molar-refractivity contribution in [3.05, 3.63) is 146 Å². The van der Waals surface area contributed by atoms with Gasteiger partial charge in [0.15, 0.2) is 11.6 Å². The van der Waals surface area contributed by atoms with E-state index in [0.29, 0.717) is 17.6 Å². The van der Waals surface area contributed by atoms with Crippen molar-refractivity contribution in [2.75, 3.05) is 0 Å². The molecule has 0 fully saturated rings. The van der Waals surface area contributed by atoms with Crippen LogP contribution >= 0.6 is 0 Å². The smallest absolute Gasteiger partial charge is 0.238 e. The van der Waals surface area contributed by atoms with Crippen molar-refractivity contribution >= 4 is 65.3 Å². The Morgan fingerprint density at radius 2 is 1.02 bits per heavy atom. The Hall–Kier alpha value is -6.33. The summed E-state index contributed by atoms with van der Waals surface area (Å²) in [6.45, 7) is 0. The number of nitrogens with zero attached hydrogens (tertiary/aromatic N) is 4. The second-order valence-corrected chi connectivity index (χ2v) is 11.7. The van der Waals surface area contributed by atoms with E-state index in [9.17, 15) is 0 Å². The first-order chi connectivity index (χ1) is 22.8. The van der Waals surface area contributed by atoms with Gasteiger partial charge in [-0.2, -0.15) is 9.97 Å². The molecule has 10 aromatic rings. The van der Waals surface area contributed by atoms with Crippen molar-refractivity contribution in [2.24, 2.45) is 0 Å². The second-order valence-electron chi connectivity index (χ2n) is 11.7. The molecule has 0 atom stereocenters. The summed E-state index contributed by atoms with van der Waals surface area (Å²) < 4.78 is 8.67. The topological polar surface area (TPSA) is 56.7 Å². The summed E-state index contributed by atoms with van der Waals surface area (Å²) in [4.78, 5) is 15.4. The Bertz CT molecular complexity index is 2730. The maximum atomic E-state index is 6.52. The molecule has 10 rings (SSSR count). The molecule has 0 N–H and O–H groups in total. The lowest BCUT2D eigenvalue weighted by atomic mass is 10.1. The van der Waals surface area contributed by atoms with Crippen LogP contribution in [0.5, 0.6) is 0 Å². The zero-order valence-electron chi connectivity index (χ0n) is 24.6. The van der Waals surface area contributed by atoms with Crippen molar-refractivity contribution in [3.63, 3.8) is 0 Å². The molecule has 5 heteroatoms. The lowest BCUT2D eigenvalue weighted by molar-refractivity contribution is 0.673. The lowest BCUT2D eigenvalue weighted by Gasteiger charge is -2.11. The fourth-order valence-electron chi connectivity index (χ4n) is 6.83. The summed E-state index contributed by atoms with van der Waals surface area (Å²) in [5.74, 6) is 1.80. The summed E-state index contributed by atoms with van der Waals surface area (Å²) in [5.41, 5.74) is 5.60. The Kier molecular flexibility index (Phi) is 5.22. The van der Waals surface area contributed by atoms with E-state index in [0.717, 1.165) is 65.6 Å². The Morgan fingerprint density at radius 3 is 1.72 bits per heavy atom. The fraction of sp³-hybridized carbons (Fsp3) is 0. The number of fused-ring (bicyclic) bond motifs is 9. The second kappa shape index (κ2) is 9.58. The predicted octanol–water partition coefficient (Wildman–Crippen LogP) is 10.5. The molecular formula is C41H24N4O. The molecule has 214 valence electrons. The molecular weight excluding hydrogens is 564 g/mol. The number of benzene rings is 7. The van der Waals surface area contributed by atoms with Gasteiger partial charge >= 0.3 is 0 Å². The van der Waals surface area contributed by atoms with Crippen molar-refractivity contribution in [1.29, 1.82) is 0 Å². The van der Waals surface area contributed by atoms with Gasteiger partial charge in [0.2, 0.25) is 5.95 Å². The average molecular weight is 589 g/mol. The number of para-hydroxylation sites is 2. The van der Waals surface area contributed by atoms with Crippen molar-refractivity contribution < 1.29 is 4.42 Å². The van der Waals surface area contributed by atoms with Crippen LogP contribution < -0.4 is 0 Å². The van der Waals surface area contributed by atoms with E-state index in [-0.39, 0.29) is 0 Å². The number of rotatable bonds is 3. The minimum absolute atomic E-state index is 0.558. The van der Waals surface area contributed by atoms with Crippen LogP contribution in [0.25, 0.3) is 94.0 Å². The molecule has 0 amide bonds. The Labute approximate surface area is 263 Å². The van der Waals surface area contributed by atoms with Crippen LogP contribution in [0, 0.1) is 0 Å². The summed E-state index contributed by atoms with van der Waals surface area (Å²) in [6, 6.07) is 50.4. The number of aromatic nitrogens is 4. The molecule has 0 radical (unpaired) electrons. The Morgan fingerprint density at radius 1 is 0.435 bits per heavy atom. The molecule has 3 aromatic heterocycles. The van der Waals surface area contributed by atoms with E-state index >= 15 is 0 Å². The average Bonchev–Trinajstić information content (AvgIpc) is 3.67. The van der Waals surface area contributed by atoms with E-state index < -0.39 is 0 Å². The first kappa shape index (κ1) is 25.0. The normalized spacial score (nSPS) is 11.9. The highest BCUT2D eigenvalue weighted by Gasteiger charge is 2.21. The van der Waals surface area contributed by atoms with Gasteiger partial charge < -0.3 is 4.42 Å². The summed E-state index contributed by atoms with van der Waals surface area (Å²) >= 11 is 0. The monoisotopic (exact) mass is 588 g/mol. The van der Waals surface area contributed by atoms with Gasteiger partial charge in [0, 0.05) is 27.3 Å². The van der Waals surface area contributed by atoms with Gasteiger partial charge in [0.05, 0.1) is 16.4 Å². The fourth-order valence-corrected chi connectivity index (χ4v) is 6.83. The Balaban J connectivity index is 1.29. The summed E-state index contributed by atoms with van der Waals surface area (Å²) in [5, 5.41) is 8.95. The number of hydrogen-bond donors (Lipinski definition) is 0. The third-order valence-corrected chi connectivity index (χ3v) is 9.02. The predicted molar refractivity (Wildman–Crippen MR) is 187 cm³/mol. The zero-order valence-corrected chi connectivity index (χ0v) is 24.6. The SMILES string of the molecule is c1ccc2cc(-c3nc(-c4ccc5ccccc5c4)nc(-n4c5ccccc5c5c6oc7ccccc7c6ccc54)n3)ccc2c1. The van der Waals surface area contributed by atoms with E-state index in [1.54, 1.807) is 0 Å². The highest BCUT2D eigenvalue weighted by molar-refractivity contribution is 6.23. The number of hydrogen-bond acceptors (Lipinski definition) is 4. The lowest BCUT2D eigenvalue weighted by Crippen LogP contribution is -2.06. The molecule has 0 aliphatic heterocycles. The van der Waals surface area contributed by atoms with Gasteiger partial charge in [-0.15, -0.1) is 0 Å². The molecule has 7 aromatic carbocycles. The van der Waals surface area contributed by atoms with Gasteiger partial charge in [-0.25, -0.2) is 4.98 Å². The van der Waals surface area contributed by atoms with Crippen LogP contribution in [-0.2, 0) is 0 Å². The van der Waals surface area contributed by atoms with Crippen LogP contribution in [0.4, 0.5) is 0 Å². The maximum absolute atomic E-state index is 6.52. The van der Waals surface area contributed by atoms with Gasteiger partial charge in [-0.1, -0.05) is 109 Å². The highest BCUT2D eigenvalue weighted by atomic mass is 16.3. The van der Waals surface area contributed by atoms with Crippen LogP contribution in [0.2, 0.25) is 0 Å². The molecule has 0 aliphatic rings. The molecule has 3 heterocycles. The molecule has 5 nitrogen and oxygen atoms in total. The first-order valence-electron chi connectivity index (χ1n) is 15.4. The molecule has 0 aliphatic carbocycles. The third kappa shape index (κ3) is 3.72. The van der Waals surface area contributed by atoms with E-state index in [1.165, 1.54) is 10.8 Å². The zero-order chi connectivity index (χ0) is 30.2. The molecule has 0 saturated heterocycles. The maximum Gasteiger partial charge on any atom is 0.238 e. The molecule has 0 spiro atoms. The van der Waals surface area contributed by atoms with Crippen LogP contribution in [0.3, 0.4) is 0 Å². The van der Waals surface area contributed by atoms with Crippen LogP contribution in [0.15, 0.2) is 150 Å². The number of furan rings is 1. The minimum Gasteiger partial charge on any atom is -0.455 e. The van der Waals surface area contributed by atoms with Crippen LogP contribution in [-0.4, -0.2) is 19.5 Å². The van der Waals surface area contributed by atoms with Gasteiger partial charge in [-0.3, -0.25) is 4.57 Å². The van der Waals surface area contributed by atoms with E-state index in [4.69, 9.17) is 19.4 Å². The molecule has 0 bridgehead atoms. The van der Waals surface area contributed by atoms with E-state index in [2.05, 4.69) is 138 Å². The van der Waals surface area contributed by atoms with Gasteiger partial charge in [0.25, 0.3) is 0 Å². The van der Waals surface area contributed by atoms with Gasteiger partial charge in [-0.05, 0) is 57.9 Å². The molecule has 0 unspecified atom stereocenters. The van der Waals surface area contributed by atoms with Crippen molar-refractivity contribution in [1.82, 2.24) is 19.5 Å². The quantitative estimate of drug-likeness (QED) is 0.206. The van der Waals surface area contributed by atoms with Gasteiger partial charge in [0.1, 0.15) is 11.2 Å². The van der Waals surface area contributed by atoms with Crippen LogP contribution in [0.1, 0.15) is 0 Å². The highest BCUT2D eigenvalue weighted by Crippen LogP contribution is 2.40. The largest absolute Gasteiger partial charge is 0.455 e. The van der Waals surface area contributed by atoms with Crippen molar-refractivity contribution in [3.8, 4) is 28.7 Å². The standard InChI is InChI=1S/C41H24N4O/c1-3-11-27-23-29(19-17-25(27)9-1)39-42-40(30-20-18-26-10-2-4-12-28(26)24-30)44-41(43-39)45-34-15-7-5-14-33(34)37-35(45)22-21-32-31-13-6-8-16-36(31)46-38(32)37/h1-24H. The molecule has 0 saturated carbocycles. The summed E-state index contributed by atoms with van der Waals surface area (Å²) in [6.07, 6.45) is 0.